The lowest BCUT2D eigenvalue weighted by atomic mass is 9.99. The Balaban J connectivity index is 3.24. The zero-order valence-electron chi connectivity index (χ0n) is 24.0. The van der Waals surface area contributed by atoms with Gasteiger partial charge in [-0.25, -0.2) is 0 Å². The largest absolute Gasteiger partial charge is 0.463 e. The minimum atomic E-state index is -3.03. The number of thioether (sulfide) groups is 1. The van der Waals surface area contributed by atoms with Crippen LogP contribution in [0.5, 0.6) is 0 Å². The highest BCUT2D eigenvalue weighted by Gasteiger charge is 2.52. The topological polar surface area (TPSA) is 164 Å². The van der Waals surface area contributed by atoms with Crippen molar-refractivity contribution in [2.75, 3.05) is 18.5 Å². The molecule has 6 atom stereocenters. The van der Waals surface area contributed by atoms with Crippen molar-refractivity contribution in [3.63, 3.8) is 0 Å². The van der Waals surface area contributed by atoms with Crippen LogP contribution >= 0.6 is 11.8 Å². The van der Waals surface area contributed by atoms with Crippen LogP contribution in [0.25, 0.3) is 0 Å². The molecular weight excluding hydrogens is 494 g/mol. The summed E-state index contributed by atoms with van der Waals surface area (Å²) in [4.78, 5) is 47.0. The van der Waals surface area contributed by atoms with Crippen molar-refractivity contribution >= 4 is 51.5 Å². The van der Waals surface area contributed by atoms with Crippen molar-refractivity contribution in [2.24, 2.45) is 5.16 Å². The third-order valence-corrected chi connectivity index (χ3v) is 5.75. The van der Waals surface area contributed by atoms with E-state index in [1.165, 1.54) is 0 Å². The smallest absolute Gasteiger partial charge is 0.303 e. The fourth-order valence-corrected chi connectivity index (χ4v) is 4.40. The van der Waals surface area contributed by atoms with Gasteiger partial charge in [-0.1, -0.05) is 16.9 Å². The zero-order chi connectivity index (χ0) is 30.1. The first-order valence-corrected chi connectivity index (χ1v) is 12.0. The maximum Gasteiger partial charge on any atom is 0.303 e. The molecule has 1 fully saturated rings. The average Bonchev–Trinajstić information content (AvgIpc) is 2.78. The molecule has 1 saturated heterocycles. The molecule has 0 saturated carbocycles. The Morgan fingerprint density at radius 3 is 2.12 bits per heavy atom. The number of carbonyl (C=O) groups is 4. The van der Waals surface area contributed by atoms with Crippen molar-refractivity contribution in [3.05, 3.63) is 0 Å². The summed E-state index contributed by atoms with van der Waals surface area (Å²) in [5.41, 5.74) is -3.84. The van der Waals surface area contributed by atoms with Crippen LogP contribution in [0.1, 0.15) is 53.8 Å². The number of carbonyl (C=O) groups excluding carboxylic acids is 4. The Hall–Kier alpha value is -2.19. The van der Waals surface area contributed by atoms with Crippen molar-refractivity contribution in [2.45, 2.75) is 76.8 Å². The highest BCUT2D eigenvalue weighted by Crippen LogP contribution is 2.35. The van der Waals surface area contributed by atoms with Gasteiger partial charge in [0.1, 0.15) is 23.2 Å². The van der Waals surface area contributed by atoms with Gasteiger partial charge in [-0.3, -0.25) is 23.4 Å². The fourth-order valence-electron chi connectivity index (χ4n) is 2.95. The van der Waals surface area contributed by atoms with Gasteiger partial charge in [0, 0.05) is 57.2 Å². The minimum Gasteiger partial charge on any atom is -0.463 e. The van der Waals surface area contributed by atoms with E-state index in [0.717, 1.165) is 27.7 Å². The summed E-state index contributed by atoms with van der Waals surface area (Å²) >= 11 is 0.689. The van der Waals surface area contributed by atoms with Crippen molar-refractivity contribution in [1.29, 1.82) is 0 Å². The van der Waals surface area contributed by atoms with Crippen LogP contribution in [0, 0.1) is 0 Å². The molecule has 194 valence electrons. The molecule has 1 rings (SSSR count). The SMILES string of the molecule is [2H]C([2H])([2H])S(=O)C([2H])([2H])CCC/C(=N/O)S[C@@H]1O[C@H](COC(C)=O)[C@@H](OC(C)=O)[C@H](OC(C)=O)[C@H]1OC(C)=O. The van der Waals surface area contributed by atoms with Crippen LogP contribution in [0.15, 0.2) is 5.16 Å². The molecule has 1 N–H and O–H groups in total. The highest BCUT2D eigenvalue weighted by molar-refractivity contribution is 8.14. The molecule has 0 aromatic rings. The molecule has 0 aromatic carbocycles. The van der Waals surface area contributed by atoms with Crippen molar-refractivity contribution in [3.8, 4) is 0 Å². The number of hydrogen-bond donors (Lipinski definition) is 1. The quantitative estimate of drug-likeness (QED) is 0.101. The standard InChI is InChI=1S/C20H31NO11S2/c1-11(22)28-10-15-17(29-12(2)23)18(30-13(3)24)19(31-14(4)25)20(32-15)33-16(21-26)8-6-7-9-34(5)27/h15,17-20,26H,6-10H2,1-5H3/b21-16-/t15-,17-,18+,19-,20+,34?/m1/s1/i5D3,9D2. The van der Waals surface area contributed by atoms with Gasteiger partial charge >= 0.3 is 23.9 Å². The molecule has 0 aliphatic carbocycles. The zero-order valence-corrected chi connectivity index (χ0v) is 20.6. The minimum absolute atomic E-state index is 0.0913. The molecule has 0 radical (unpaired) electrons. The molecule has 0 bridgehead atoms. The number of nitrogens with zero attached hydrogens (tertiary/aromatic N) is 1. The van der Waals surface area contributed by atoms with E-state index in [9.17, 15) is 28.6 Å². The molecule has 14 heteroatoms. The molecule has 0 aromatic heterocycles. The molecule has 1 unspecified atom stereocenters. The van der Waals surface area contributed by atoms with E-state index in [4.69, 9.17) is 30.5 Å². The predicted octanol–water partition coefficient (Wildman–Crippen LogP) is 1.14. The van der Waals surface area contributed by atoms with E-state index in [1.807, 2.05) is 0 Å². The van der Waals surface area contributed by atoms with Gasteiger partial charge in [-0.05, 0) is 19.3 Å². The van der Waals surface area contributed by atoms with Gasteiger partial charge in [-0.15, -0.1) is 0 Å². The maximum absolute atomic E-state index is 12.0. The maximum atomic E-state index is 12.0. The molecule has 0 amide bonds. The molecule has 1 aliphatic rings. The Labute approximate surface area is 211 Å². The van der Waals surface area contributed by atoms with E-state index < -0.39 is 89.4 Å². The van der Waals surface area contributed by atoms with E-state index in [1.54, 1.807) is 0 Å². The molecule has 34 heavy (non-hydrogen) atoms. The number of rotatable bonds is 11. The van der Waals surface area contributed by atoms with Crippen LogP contribution < -0.4 is 0 Å². The predicted molar refractivity (Wildman–Crippen MR) is 122 cm³/mol. The molecule has 0 spiro atoms. The van der Waals surface area contributed by atoms with Crippen molar-refractivity contribution in [1.82, 2.24) is 0 Å². The summed E-state index contributed by atoms with van der Waals surface area (Å²) in [6.45, 7) is 3.86. The fraction of sp³-hybridized carbons (Fsp3) is 0.750. The summed E-state index contributed by atoms with van der Waals surface area (Å²) < 4.78 is 75.9. The number of hydrogen-bond acceptors (Lipinski definition) is 13. The first-order chi connectivity index (χ1) is 17.9. The Bertz CT molecular complexity index is 963. The summed E-state index contributed by atoms with van der Waals surface area (Å²) in [7, 11) is -2.80. The van der Waals surface area contributed by atoms with Gasteiger partial charge in [-0.2, -0.15) is 0 Å². The second-order valence-corrected chi connectivity index (χ2v) is 8.94. The summed E-state index contributed by atoms with van der Waals surface area (Å²) in [5.74, 6) is -3.15. The lowest BCUT2D eigenvalue weighted by Gasteiger charge is -2.44. The number of ether oxygens (including phenoxy) is 5. The summed E-state index contributed by atoms with van der Waals surface area (Å²) in [6.07, 6.45) is -9.18. The monoisotopic (exact) mass is 530 g/mol. The van der Waals surface area contributed by atoms with Gasteiger partial charge in [0.2, 0.25) is 0 Å². The van der Waals surface area contributed by atoms with E-state index >= 15 is 0 Å². The highest BCUT2D eigenvalue weighted by atomic mass is 32.2. The number of esters is 4. The Kier molecular flexibility index (Phi) is 9.79. The first-order valence-electron chi connectivity index (χ1n) is 12.5. The Morgan fingerprint density at radius 1 is 1.00 bits per heavy atom. The van der Waals surface area contributed by atoms with Crippen LogP contribution in [-0.2, 0) is 53.7 Å². The van der Waals surface area contributed by atoms with Gasteiger partial charge in [0.05, 0.1) is 0 Å². The molecule has 1 aliphatic heterocycles. The molecular formula is C20H31NO11S2. The van der Waals surface area contributed by atoms with E-state index in [2.05, 4.69) is 5.16 Å². The Morgan fingerprint density at radius 2 is 1.59 bits per heavy atom. The van der Waals surface area contributed by atoms with Gasteiger partial charge in [0.25, 0.3) is 0 Å². The van der Waals surface area contributed by atoms with E-state index in [0.29, 0.717) is 11.8 Å². The van der Waals surface area contributed by atoms with Crippen LogP contribution in [0.4, 0.5) is 0 Å². The third-order valence-electron chi connectivity index (χ3n) is 4.11. The lowest BCUT2D eigenvalue weighted by molar-refractivity contribution is -0.237. The van der Waals surface area contributed by atoms with E-state index in [-0.39, 0.29) is 17.9 Å². The van der Waals surface area contributed by atoms with Crippen LogP contribution in [0.2, 0.25) is 0 Å². The lowest BCUT2D eigenvalue weighted by Crippen LogP contribution is -2.61. The van der Waals surface area contributed by atoms with Crippen LogP contribution in [-0.4, -0.2) is 86.7 Å². The average molecular weight is 531 g/mol. The second kappa shape index (κ2) is 14.9. The first kappa shape index (κ1) is 22.3. The summed E-state index contributed by atoms with van der Waals surface area (Å²) in [5, 5.41) is 12.6. The normalized spacial score (nSPS) is 28.6. The summed E-state index contributed by atoms with van der Waals surface area (Å²) in [6, 6.07) is 0. The second-order valence-electron chi connectivity index (χ2n) is 6.95. The van der Waals surface area contributed by atoms with Crippen molar-refractivity contribution < 1.29 is 59.1 Å². The number of oxime groups is 1. The van der Waals surface area contributed by atoms with Gasteiger partial charge in [0.15, 0.2) is 18.3 Å². The third kappa shape index (κ3) is 10.8. The van der Waals surface area contributed by atoms with Crippen LogP contribution in [0.3, 0.4) is 0 Å². The molecule has 12 nitrogen and oxygen atoms in total. The van der Waals surface area contributed by atoms with Gasteiger partial charge < -0.3 is 28.9 Å². The molecule has 1 heterocycles.